The number of nitrogens with one attached hydrogen (secondary N) is 2. The van der Waals surface area contributed by atoms with Crippen LogP contribution in [0.1, 0.15) is 49.9 Å². The first-order valence-electron chi connectivity index (χ1n) is 12.6. The van der Waals surface area contributed by atoms with E-state index in [1.54, 1.807) is 24.3 Å². The van der Waals surface area contributed by atoms with Gasteiger partial charge in [0.15, 0.2) is 0 Å². The molecule has 11 nitrogen and oxygen atoms in total. The average Bonchev–Trinajstić information content (AvgIpc) is 3.41. The van der Waals surface area contributed by atoms with Crippen LogP contribution >= 0.6 is 11.3 Å². The standard InChI is InChI=1S/C26H26F3N3O8S3/c1-40-20-7-3-5-18(13-20)23(33)30-15-21-14-22(24(34)35)25(41-21)42(36,37)32-10-8-16(9-11-32)17-4-2-6-19(12-17)31-43(38,39)26(27,28)29/h2-7,12-14,16,31H,8-11,15H2,1H3,(H,30,33)(H,34,35). The highest BCUT2D eigenvalue weighted by molar-refractivity contribution is 7.93. The second kappa shape index (κ2) is 12.5. The molecule has 0 unspecified atom stereocenters. The zero-order valence-electron chi connectivity index (χ0n) is 22.4. The van der Waals surface area contributed by atoms with Gasteiger partial charge in [-0.1, -0.05) is 18.2 Å². The van der Waals surface area contributed by atoms with Gasteiger partial charge in [0.25, 0.3) is 15.9 Å². The number of carboxylic acid groups (broad SMARTS) is 1. The van der Waals surface area contributed by atoms with Gasteiger partial charge in [0.2, 0.25) is 0 Å². The highest BCUT2D eigenvalue weighted by Crippen LogP contribution is 2.36. The van der Waals surface area contributed by atoms with Gasteiger partial charge in [-0.3, -0.25) is 9.52 Å². The van der Waals surface area contributed by atoms with E-state index in [0.29, 0.717) is 21.8 Å². The Kier molecular flexibility index (Phi) is 9.39. The molecule has 0 aliphatic carbocycles. The Morgan fingerprint density at radius 1 is 1.05 bits per heavy atom. The fraction of sp³-hybridized carbons (Fsp3) is 0.308. The highest BCUT2D eigenvalue weighted by atomic mass is 32.2. The number of carboxylic acids is 1. The van der Waals surface area contributed by atoms with Gasteiger partial charge in [-0.05, 0) is 60.7 Å². The van der Waals surface area contributed by atoms with Crippen LogP contribution in [0.3, 0.4) is 0 Å². The van der Waals surface area contributed by atoms with Gasteiger partial charge in [0.1, 0.15) is 9.96 Å². The molecule has 1 fully saturated rings. The molecule has 0 spiro atoms. The van der Waals surface area contributed by atoms with E-state index in [0.717, 1.165) is 15.6 Å². The first kappa shape index (κ1) is 32.2. The molecule has 1 aromatic heterocycles. The van der Waals surface area contributed by atoms with E-state index in [4.69, 9.17) is 4.74 Å². The number of nitrogens with zero attached hydrogens (tertiary/aromatic N) is 1. The Bertz CT molecular complexity index is 1730. The lowest BCUT2D eigenvalue weighted by molar-refractivity contribution is -0.0429. The second-order valence-electron chi connectivity index (χ2n) is 9.49. The maximum absolute atomic E-state index is 13.5. The number of halogens is 3. The first-order chi connectivity index (χ1) is 20.1. The number of methoxy groups -OCH3 is 1. The number of amides is 1. The molecule has 1 saturated heterocycles. The number of anilines is 1. The number of rotatable bonds is 10. The number of sulfonamides is 2. The molecular weight excluding hydrogens is 635 g/mol. The summed E-state index contributed by atoms with van der Waals surface area (Å²) in [6.07, 6.45) is 0.512. The molecular formula is C26H26F3N3O8S3. The topological polar surface area (TPSA) is 159 Å². The van der Waals surface area contributed by atoms with Crippen molar-refractivity contribution in [2.24, 2.45) is 0 Å². The minimum Gasteiger partial charge on any atom is -0.497 e. The van der Waals surface area contributed by atoms with Crippen molar-refractivity contribution in [3.63, 3.8) is 0 Å². The number of thiophene rings is 1. The molecule has 3 N–H and O–H groups in total. The van der Waals surface area contributed by atoms with Crippen LogP contribution in [0.15, 0.2) is 58.8 Å². The summed E-state index contributed by atoms with van der Waals surface area (Å²) in [6, 6.07) is 13.0. The third kappa shape index (κ3) is 7.29. The maximum atomic E-state index is 13.5. The van der Waals surface area contributed by atoms with E-state index in [2.05, 4.69) is 5.32 Å². The minimum atomic E-state index is -5.60. The summed E-state index contributed by atoms with van der Waals surface area (Å²) in [5.41, 5.74) is -5.37. The van der Waals surface area contributed by atoms with E-state index in [1.165, 1.54) is 42.2 Å². The van der Waals surface area contributed by atoms with Gasteiger partial charge in [-0.25, -0.2) is 13.2 Å². The Morgan fingerprint density at radius 2 is 1.72 bits per heavy atom. The first-order valence-corrected chi connectivity index (χ1v) is 16.3. The van der Waals surface area contributed by atoms with Crippen LogP contribution in [0.5, 0.6) is 5.75 Å². The molecule has 232 valence electrons. The molecule has 43 heavy (non-hydrogen) atoms. The summed E-state index contributed by atoms with van der Waals surface area (Å²) in [4.78, 5) is 24.8. The van der Waals surface area contributed by atoms with Crippen LogP contribution in [0.4, 0.5) is 18.9 Å². The molecule has 1 aliphatic heterocycles. The minimum absolute atomic E-state index is 0.00955. The number of hydrogen-bond acceptors (Lipinski definition) is 8. The molecule has 17 heteroatoms. The predicted molar refractivity (Wildman–Crippen MR) is 151 cm³/mol. The van der Waals surface area contributed by atoms with Crippen LogP contribution in [-0.4, -0.2) is 63.8 Å². The number of alkyl halides is 3. The Hall–Kier alpha value is -3.67. The Balaban J connectivity index is 1.45. The van der Waals surface area contributed by atoms with Crippen molar-refractivity contribution in [2.45, 2.75) is 35.0 Å². The van der Waals surface area contributed by atoms with E-state index in [-0.39, 0.29) is 48.3 Å². The predicted octanol–water partition coefficient (Wildman–Crippen LogP) is 4.21. The van der Waals surface area contributed by atoms with E-state index in [9.17, 15) is 44.7 Å². The Labute approximate surface area is 249 Å². The summed E-state index contributed by atoms with van der Waals surface area (Å²) in [6.45, 7) is -0.137. The summed E-state index contributed by atoms with van der Waals surface area (Å²) in [5.74, 6) is -1.74. The van der Waals surface area contributed by atoms with Crippen LogP contribution < -0.4 is 14.8 Å². The fourth-order valence-corrected chi connectivity index (χ4v) is 8.28. The fourth-order valence-electron chi connectivity index (χ4n) is 4.50. The lowest BCUT2D eigenvalue weighted by atomic mass is 9.90. The van der Waals surface area contributed by atoms with Crippen molar-refractivity contribution in [1.82, 2.24) is 9.62 Å². The number of piperidine rings is 1. The van der Waals surface area contributed by atoms with Crippen LogP contribution in [0.2, 0.25) is 0 Å². The SMILES string of the molecule is COc1cccc(C(=O)NCc2cc(C(=O)O)c(S(=O)(=O)N3CCC(c4cccc(NS(=O)(=O)C(F)(F)F)c4)CC3)s2)c1. The molecule has 2 aromatic carbocycles. The van der Waals surface area contributed by atoms with Gasteiger partial charge in [0.05, 0.1) is 19.2 Å². The van der Waals surface area contributed by atoms with Gasteiger partial charge in [-0.15, -0.1) is 11.3 Å². The van der Waals surface area contributed by atoms with Gasteiger partial charge < -0.3 is 15.2 Å². The zero-order valence-corrected chi connectivity index (χ0v) is 24.9. The molecule has 0 bridgehead atoms. The van der Waals surface area contributed by atoms with Crippen molar-refractivity contribution in [3.05, 3.63) is 76.2 Å². The molecule has 4 rings (SSSR count). The average molecular weight is 662 g/mol. The number of ether oxygens (including phenoxy) is 1. The summed E-state index contributed by atoms with van der Waals surface area (Å²) in [7, 11) is -8.40. The number of aromatic carboxylic acids is 1. The quantitative estimate of drug-likeness (QED) is 0.292. The number of carbonyl (C=O) groups is 2. The largest absolute Gasteiger partial charge is 0.516 e. The number of hydrogen-bond donors (Lipinski definition) is 3. The molecule has 3 aromatic rings. The molecule has 0 radical (unpaired) electrons. The number of benzene rings is 2. The van der Waals surface area contributed by atoms with Gasteiger partial charge >= 0.3 is 21.5 Å². The monoisotopic (exact) mass is 661 g/mol. The highest BCUT2D eigenvalue weighted by Gasteiger charge is 2.46. The third-order valence-electron chi connectivity index (χ3n) is 6.68. The van der Waals surface area contributed by atoms with Crippen molar-refractivity contribution < 1.29 is 49.4 Å². The van der Waals surface area contributed by atoms with Crippen molar-refractivity contribution in [3.8, 4) is 5.75 Å². The lowest BCUT2D eigenvalue weighted by Gasteiger charge is -2.31. The molecule has 0 saturated carbocycles. The smallest absolute Gasteiger partial charge is 0.497 e. The van der Waals surface area contributed by atoms with Crippen molar-refractivity contribution in [1.29, 1.82) is 0 Å². The zero-order chi connectivity index (χ0) is 31.6. The van der Waals surface area contributed by atoms with Crippen molar-refractivity contribution in [2.75, 3.05) is 24.9 Å². The van der Waals surface area contributed by atoms with E-state index >= 15 is 0 Å². The summed E-state index contributed by atoms with van der Waals surface area (Å²) >= 11 is 0.733. The molecule has 1 amide bonds. The molecule has 1 aliphatic rings. The number of carbonyl (C=O) groups excluding carboxylic acids is 1. The van der Waals surface area contributed by atoms with Gasteiger partial charge in [0, 0.05) is 29.2 Å². The lowest BCUT2D eigenvalue weighted by Crippen LogP contribution is -2.38. The summed E-state index contributed by atoms with van der Waals surface area (Å²) < 4.78 is 95.5. The third-order valence-corrected chi connectivity index (χ3v) is 11.3. The van der Waals surface area contributed by atoms with Crippen molar-refractivity contribution >= 4 is 48.9 Å². The molecule has 0 atom stereocenters. The normalized spacial score (nSPS) is 15.2. The van der Waals surface area contributed by atoms with Crippen LogP contribution in [0, 0.1) is 0 Å². The van der Waals surface area contributed by atoms with Gasteiger partial charge in [-0.2, -0.15) is 25.9 Å². The summed E-state index contributed by atoms with van der Waals surface area (Å²) in [5, 5.41) is 12.3. The van der Waals surface area contributed by atoms with Crippen LogP contribution in [0.25, 0.3) is 0 Å². The van der Waals surface area contributed by atoms with E-state index < -0.39 is 43.0 Å². The Morgan fingerprint density at radius 3 is 2.35 bits per heavy atom. The van der Waals surface area contributed by atoms with E-state index in [1.807, 2.05) is 0 Å². The van der Waals surface area contributed by atoms with Crippen LogP contribution in [-0.2, 0) is 26.6 Å². The second-order valence-corrected chi connectivity index (χ2v) is 14.4. The maximum Gasteiger partial charge on any atom is 0.516 e. The molecule has 2 heterocycles.